The van der Waals surface area contributed by atoms with Gasteiger partial charge in [0.15, 0.2) is 0 Å². The quantitative estimate of drug-likeness (QED) is 0.647. The van der Waals surface area contributed by atoms with E-state index >= 15 is 0 Å². The summed E-state index contributed by atoms with van der Waals surface area (Å²) < 4.78 is 0. The van der Waals surface area contributed by atoms with E-state index < -0.39 is 0 Å². The van der Waals surface area contributed by atoms with E-state index in [0.29, 0.717) is 29.7 Å². The number of amides is 1. The number of aromatic amines is 2. The van der Waals surface area contributed by atoms with Crippen LogP contribution in [0, 0.1) is 5.41 Å². The first-order valence-corrected chi connectivity index (χ1v) is 6.12. The van der Waals surface area contributed by atoms with Crippen molar-refractivity contribution in [2.45, 2.75) is 13.8 Å². The Morgan fingerprint density at radius 3 is 2.68 bits per heavy atom. The van der Waals surface area contributed by atoms with Crippen molar-refractivity contribution < 1.29 is 4.79 Å². The summed E-state index contributed by atoms with van der Waals surface area (Å²) in [4.78, 5) is 28.4. The molecule has 0 fully saturated rings. The number of nitrogens with two attached hydrogens (primary N) is 1. The summed E-state index contributed by atoms with van der Waals surface area (Å²) in [6.45, 7) is 4.97. The van der Waals surface area contributed by atoms with Crippen molar-refractivity contribution in [1.29, 1.82) is 0 Å². The number of rotatable bonds is 4. The van der Waals surface area contributed by atoms with Gasteiger partial charge in [-0.1, -0.05) is 13.8 Å². The molecule has 0 atom stereocenters. The van der Waals surface area contributed by atoms with E-state index in [0.717, 1.165) is 0 Å². The highest BCUT2D eigenvalue weighted by Crippen LogP contribution is 2.12. The molecule has 0 aliphatic rings. The largest absolute Gasteiger partial charge is 0.351 e. The molecule has 0 spiro atoms. The topological polar surface area (TPSA) is 104 Å². The molecule has 0 aliphatic carbocycles. The highest BCUT2D eigenvalue weighted by molar-refractivity contribution is 5.97. The Hall–Kier alpha value is -2.08. The highest BCUT2D eigenvalue weighted by atomic mass is 16.2. The van der Waals surface area contributed by atoms with Crippen LogP contribution in [0.4, 0.5) is 0 Å². The molecule has 0 bridgehead atoms. The summed E-state index contributed by atoms with van der Waals surface area (Å²) in [6.07, 6.45) is 0. The zero-order chi connectivity index (χ0) is 14.0. The van der Waals surface area contributed by atoms with E-state index in [1.54, 1.807) is 18.2 Å². The Morgan fingerprint density at radius 2 is 2.00 bits per heavy atom. The predicted octanol–water partition coefficient (Wildman–Crippen LogP) is 0.571. The van der Waals surface area contributed by atoms with E-state index in [9.17, 15) is 9.59 Å². The average molecular weight is 262 g/mol. The lowest BCUT2D eigenvalue weighted by atomic mass is 9.94. The number of carbonyl (C=O) groups excluding carboxylic acids is 1. The van der Waals surface area contributed by atoms with E-state index in [1.165, 1.54) is 0 Å². The molecule has 1 heterocycles. The van der Waals surface area contributed by atoms with Gasteiger partial charge in [-0.25, -0.2) is 4.79 Å². The maximum atomic E-state index is 12.0. The Morgan fingerprint density at radius 1 is 1.32 bits per heavy atom. The first kappa shape index (κ1) is 13.4. The number of benzene rings is 1. The molecule has 0 saturated carbocycles. The lowest BCUT2D eigenvalue weighted by molar-refractivity contribution is 0.0938. The molecule has 5 N–H and O–H groups in total. The van der Waals surface area contributed by atoms with Crippen molar-refractivity contribution >= 4 is 16.9 Å². The molecule has 102 valence electrons. The number of H-pyrrole nitrogens is 2. The zero-order valence-electron chi connectivity index (χ0n) is 11.0. The molecule has 0 saturated heterocycles. The minimum Gasteiger partial charge on any atom is -0.351 e. The summed E-state index contributed by atoms with van der Waals surface area (Å²) in [6, 6.07) is 5.03. The summed E-state index contributed by atoms with van der Waals surface area (Å²) in [5, 5.41) is 2.84. The molecule has 1 aromatic heterocycles. The third-order valence-corrected chi connectivity index (χ3v) is 3.06. The van der Waals surface area contributed by atoms with Crippen LogP contribution in [0.5, 0.6) is 0 Å². The number of hydrogen-bond donors (Lipinski definition) is 4. The second-order valence-electron chi connectivity index (χ2n) is 5.39. The maximum Gasteiger partial charge on any atom is 0.323 e. The van der Waals surface area contributed by atoms with Gasteiger partial charge in [0.05, 0.1) is 11.0 Å². The van der Waals surface area contributed by atoms with E-state index in [-0.39, 0.29) is 17.0 Å². The molecule has 0 radical (unpaired) electrons. The fraction of sp³-hybridized carbons (Fsp3) is 0.385. The number of nitrogens with one attached hydrogen (secondary N) is 3. The fourth-order valence-electron chi connectivity index (χ4n) is 1.67. The number of fused-ring (bicyclic) bond motifs is 1. The second kappa shape index (κ2) is 4.89. The van der Waals surface area contributed by atoms with Crippen LogP contribution in [0.2, 0.25) is 0 Å². The number of aromatic nitrogens is 2. The van der Waals surface area contributed by atoms with Gasteiger partial charge in [0.1, 0.15) is 0 Å². The lowest BCUT2D eigenvalue weighted by Crippen LogP contribution is -2.38. The average Bonchev–Trinajstić information content (AvgIpc) is 2.75. The van der Waals surface area contributed by atoms with Crippen LogP contribution in [0.3, 0.4) is 0 Å². The van der Waals surface area contributed by atoms with Crippen LogP contribution in [-0.4, -0.2) is 29.0 Å². The SMILES string of the molecule is CC(C)(CN)CNC(=O)c1ccc2[nH]c(=O)[nH]c2c1. The summed E-state index contributed by atoms with van der Waals surface area (Å²) in [5.41, 5.74) is 7.01. The normalized spacial score (nSPS) is 11.7. The molecule has 1 amide bonds. The number of hydrogen-bond acceptors (Lipinski definition) is 3. The lowest BCUT2D eigenvalue weighted by Gasteiger charge is -2.22. The van der Waals surface area contributed by atoms with Crippen LogP contribution in [0.25, 0.3) is 11.0 Å². The minimum absolute atomic E-state index is 0.137. The van der Waals surface area contributed by atoms with Gasteiger partial charge in [0.25, 0.3) is 5.91 Å². The smallest absolute Gasteiger partial charge is 0.323 e. The van der Waals surface area contributed by atoms with Crippen LogP contribution < -0.4 is 16.7 Å². The second-order valence-corrected chi connectivity index (χ2v) is 5.39. The van der Waals surface area contributed by atoms with Crippen molar-refractivity contribution in [3.8, 4) is 0 Å². The van der Waals surface area contributed by atoms with Crippen molar-refractivity contribution in [3.63, 3.8) is 0 Å². The molecule has 0 unspecified atom stereocenters. The zero-order valence-corrected chi connectivity index (χ0v) is 11.0. The third kappa shape index (κ3) is 3.03. The molecular weight excluding hydrogens is 244 g/mol. The Bertz CT molecular complexity index is 654. The Balaban J connectivity index is 2.15. The molecular formula is C13H18N4O2. The molecule has 2 rings (SSSR count). The molecule has 6 heteroatoms. The van der Waals surface area contributed by atoms with Gasteiger partial charge in [0.2, 0.25) is 0 Å². The van der Waals surface area contributed by atoms with Gasteiger partial charge >= 0.3 is 5.69 Å². The van der Waals surface area contributed by atoms with Gasteiger partial charge in [-0.2, -0.15) is 0 Å². The van der Waals surface area contributed by atoms with Crippen LogP contribution in [-0.2, 0) is 0 Å². The van der Waals surface area contributed by atoms with Gasteiger partial charge < -0.3 is 21.0 Å². The van der Waals surface area contributed by atoms with Gasteiger partial charge in [-0.05, 0) is 30.2 Å². The molecule has 0 aliphatic heterocycles. The van der Waals surface area contributed by atoms with E-state index in [2.05, 4.69) is 15.3 Å². The highest BCUT2D eigenvalue weighted by Gasteiger charge is 2.17. The van der Waals surface area contributed by atoms with Crippen molar-refractivity contribution in [3.05, 3.63) is 34.2 Å². The molecule has 19 heavy (non-hydrogen) atoms. The first-order valence-electron chi connectivity index (χ1n) is 6.12. The first-order chi connectivity index (χ1) is 8.91. The number of imidazole rings is 1. The summed E-state index contributed by atoms with van der Waals surface area (Å²) in [5.74, 6) is -0.175. The van der Waals surface area contributed by atoms with Crippen LogP contribution in [0.15, 0.2) is 23.0 Å². The monoisotopic (exact) mass is 262 g/mol. The van der Waals surface area contributed by atoms with Crippen molar-refractivity contribution in [2.75, 3.05) is 13.1 Å². The van der Waals surface area contributed by atoms with Gasteiger partial charge in [0, 0.05) is 12.1 Å². The van der Waals surface area contributed by atoms with Gasteiger partial charge in [-0.15, -0.1) is 0 Å². The summed E-state index contributed by atoms with van der Waals surface area (Å²) >= 11 is 0. The van der Waals surface area contributed by atoms with Crippen LogP contribution >= 0.6 is 0 Å². The maximum absolute atomic E-state index is 12.0. The molecule has 1 aromatic carbocycles. The predicted molar refractivity (Wildman–Crippen MR) is 74.1 cm³/mol. The molecule has 6 nitrogen and oxygen atoms in total. The molecule has 2 aromatic rings. The Kier molecular flexibility index (Phi) is 3.44. The van der Waals surface area contributed by atoms with Gasteiger partial charge in [-0.3, -0.25) is 4.79 Å². The van der Waals surface area contributed by atoms with E-state index in [1.807, 2.05) is 13.8 Å². The summed E-state index contributed by atoms with van der Waals surface area (Å²) in [7, 11) is 0. The fourth-order valence-corrected chi connectivity index (χ4v) is 1.67. The standard InChI is InChI=1S/C13H18N4O2/c1-13(2,6-14)7-15-11(18)8-3-4-9-10(5-8)17-12(19)16-9/h3-5H,6-7,14H2,1-2H3,(H,15,18)(H2,16,17,19). The van der Waals surface area contributed by atoms with Crippen molar-refractivity contribution in [1.82, 2.24) is 15.3 Å². The Labute approximate surface area is 110 Å². The number of carbonyl (C=O) groups is 1. The van der Waals surface area contributed by atoms with Crippen LogP contribution in [0.1, 0.15) is 24.2 Å². The van der Waals surface area contributed by atoms with Crippen molar-refractivity contribution in [2.24, 2.45) is 11.1 Å². The minimum atomic E-state index is -0.281. The van der Waals surface area contributed by atoms with E-state index in [4.69, 9.17) is 5.73 Å². The third-order valence-electron chi connectivity index (χ3n) is 3.06.